The number of morpholine rings is 1. The number of hydrogen-bond donors (Lipinski definition) is 1. The molecule has 1 fully saturated rings. The monoisotopic (exact) mass is 291 g/mol. The molecule has 21 heavy (non-hydrogen) atoms. The molecule has 112 valence electrons. The quantitative estimate of drug-likeness (QED) is 0.916. The van der Waals surface area contributed by atoms with Crippen molar-refractivity contribution < 1.29 is 19.1 Å². The summed E-state index contributed by atoms with van der Waals surface area (Å²) in [6, 6.07) is 4.94. The van der Waals surface area contributed by atoms with Gasteiger partial charge >= 0.3 is 0 Å². The van der Waals surface area contributed by atoms with Crippen LogP contribution < -0.4 is 4.74 Å². The highest BCUT2D eigenvalue weighted by Gasteiger charge is 2.24. The number of ether oxygens (including phenoxy) is 2. The Kier molecular flexibility index (Phi) is 3.76. The molecule has 2 heterocycles. The van der Waals surface area contributed by atoms with E-state index in [0.717, 1.165) is 13.1 Å². The van der Waals surface area contributed by atoms with Crippen LogP contribution in [0.2, 0.25) is 0 Å². The molecule has 0 radical (unpaired) electrons. The Balaban J connectivity index is 1.82. The van der Waals surface area contributed by atoms with Crippen LogP contribution in [0.4, 0.5) is 0 Å². The summed E-state index contributed by atoms with van der Waals surface area (Å²) in [7, 11) is 3.52. The van der Waals surface area contributed by atoms with Gasteiger partial charge in [-0.1, -0.05) is 5.16 Å². The van der Waals surface area contributed by atoms with Gasteiger partial charge in [-0.05, 0) is 25.2 Å². The van der Waals surface area contributed by atoms with Gasteiger partial charge < -0.3 is 24.0 Å². The Morgan fingerprint density at radius 3 is 3.00 bits per heavy atom. The topological polar surface area (TPSA) is 80.9 Å². The molecule has 0 saturated carbocycles. The van der Waals surface area contributed by atoms with Crippen molar-refractivity contribution in [1.82, 2.24) is 15.0 Å². The number of nitrogens with zero attached hydrogens (tertiary/aromatic N) is 3. The number of benzene rings is 1. The number of aromatic hydroxyl groups is 1. The van der Waals surface area contributed by atoms with Crippen LogP contribution in [-0.2, 0) is 4.74 Å². The van der Waals surface area contributed by atoms with Crippen LogP contribution in [0.3, 0.4) is 0 Å². The molecule has 1 aliphatic rings. The zero-order valence-electron chi connectivity index (χ0n) is 11.9. The van der Waals surface area contributed by atoms with E-state index in [4.69, 9.17) is 14.0 Å². The van der Waals surface area contributed by atoms with Gasteiger partial charge in [0.25, 0.3) is 5.89 Å². The zero-order valence-corrected chi connectivity index (χ0v) is 11.9. The highest BCUT2D eigenvalue weighted by molar-refractivity contribution is 5.59. The number of likely N-dealkylation sites (N-methyl/N-ethyl adjacent to an activating group) is 1. The third-order valence-corrected chi connectivity index (χ3v) is 3.43. The predicted octanol–water partition coefficient (Wildman–Crippen LogP) is 1.45. The number of hydrogen-bond acceptors (Lipinski definition) is 7. The van der Waals surface area contributed by atoms with E-state index in [2.05, 4.69) is 15.0 Å². The van der Waals surface area contributed by atoms with Gasteiger partial charge in [-0.15, -0.1) is 0 Å². The van der Waals surface area contributed by atoms with Gasteiger partial charge in [-0.25, -0.2) is 0 Å². The Morgan fingerprint density at radius 1 is 1.43 bits per heavy atom. The summed E-state index contributed by atoms with van der Waals surface area (Å²) >= 11 is 0. The van der Waals surface area contributed by atoms with Crippen LogP contribution in [0.5, 0.6) is 11.5 Å². The van der Waals surface area contributed by atoms with Crippen molar-refractivity contribution in [3.63, 3.8) is 0 Å². The highest BCUT2D eigenvalue weighted by atomic mass is 16.5. The van der Waals surface area contributed by atoms with Gasteiger partial charge in [-0.2, -0.15) is 4.98 Å². The van der Waals surface area contributed by atoms with Crippen LogP contribution >= 0.6 is 0 Å². The van der Waals surface area contributed by atoms with Gasteiger partial charge in [0.1, 0.15) is 6.10 Å². The second-order valence-electron chi connectivity index (χ2n) is 4.97. The molecule has 0 aliphatic carbocycles. The molecule has 0 bridgehead atoms. The zero-order chi connectivity index (χ0) is 14.8. The predicted molar refractivity (Wildman–Crippen MR) is 74.1 cm³/mol. The van der Waals surface area contributed by atoms with E-state index in [0.29, 0.717) is 29.6 Å². The molecule has 7 heteroatoms. The molecule has 0 spiro atoms. The molecule has 1 aromatic heterocycles. The largest absolute Gasteiger partial charge is 0.504 e. The van der Waals surface area contributed by atoms with Crippen molar-refractivity contribution in [2.75, 3.05) is 33.9 Å². The summed E-state index contributed by atoms with van der Waals surface area (Å²) in [6.45, 7) is 2.27. The molecule has 0 amide bonds. The van der Waals surface area contributed by atoms with Crippen molar-refractivity contribution in [2.45, 2.75) is 6.10 Å². The number of phenolic OH excluding ortho intramolecular Hbond substituents is 1. The van der Waals surface area contributed by atoms with Crippen molar-refractivity contribution in [3.8, 4) is 23.0 Å². The van der Waals surface area contributed by atoms with E-state index in [-0.39, 0.29) is 11.9 Å². The van der Waals surface area contributed by atoms with E-state index in [1.165, 1.54) is 13.2 Å². The smallest absolute Gasteiger partial charge is 0.258 e. The maximum atomic E-state index is 9.80. The Morgan fingerprint density at radius 2 is 2.29 bits per heavy atom. The van der Waals surface area contributed by atoms with Gasteiger partial charge in [0.15, 0.2) is 11.5 Å². The first-order valence-electron chi connectivity index (χ1n) is 6.68. The van der Waals surface area contributed by atoms with Gasteiger partial charge in [0.2, 0.25) is 5.82 Å². The maximum Gasteiger partial charge on any atom is 0.258 e. The van der Waals surface area contributed by atoms with Gasteiger partial charge in [0.05, 0.1) is 13.7 Å². The first kappa shape index (κ1) is 13.8. The Hall–Kier alpha value is -2.12. The fraction of sp³-hybridized carbons (Fsp3) is 0.429. The Bertz CT molecular complexity index is 628. The van der Waals surface area contributed by atoms with E-state index in [1.807, 2.05) is 7.05 Å². The summed E-state index contributed by atoms with van der Waals surface area (Å²) in [6.07, 6.45) is -0.187. The van der Waals surface area contributed by atoms with Crippen LogP contribution in [0, 0.1) is 0 Å². The number of methoxy groups -OCH3 is 1. The summed E-state index contributed by atoms with van der Waals surface area (Å²) in [4.78, 5) is 6.51. The van der Waals surface area contributed by atoms with Crippen molar-refractivity contribution >= 4 is 0 Å². The lowest BCUT2D eigenvalue weighted by molar-refractivity contribution is -0.0264. The highest BCUT2D eigenvalue weighted by Crippen LogP contribution is 2.31. The molecule has 1 saturated heterocycles. The van der Waals surface area contributed by atoms with Crippen LogP contribution in [0.1, 0.15) is 11.9 Å². The second-order valence-corrected chi connectivity index (χ2v) is 4.97. The molecule has 1 aromatic carbocycles. The lowest BCUT2D eigenvalue weighted by Crippen LogP contribution is -2.35. The summed E-state index contributed by atoms with van der Waals surface area (Å²) in [5.74, 6) is 1.30. The average molecular weight is 291 g/mol. The van der Waals surface area contributed by atoms with Gasteiger partial charge in [-0.3, -0.25) is 0 Å². The van der Waals surface area contributed by atoms with Crippen LogP contribution in [0.15, 0.2) is 22.7 Å². The van der Waals surface area contributed by atoms with E-state index in [9.17, 15) is 5.11 Å². The Labute approximate surface area is 122 Å². The second kappa shape index (κ2) is 5.71. The SMILES string of the molecule is COc1ccc(-c2nc(C3CN(C)CCO3)no2)cc1O. The van der Waals surface area contributed by atoms with Crippen molar-refractivity contribution in [3.05, 3.63) is 24.0 Å². The third-order valence-electron chi connectivity index (χ3n) is 3.43. The van der Waals surface area contributed by atoms with E-state index < -0.39 is 0 Å². The number of aromatic nitrogens is 2. The molecule has 7 nitrogen and oxygen atoms in total. The fourth-order valence-electron chi connectivity index (χ4n) is 2.24. The minimum absolute atomic E-state index is 0.0309. The summed E-state index contributed by atoms with van der Waals surface area (Å²) in [5.41, 5.74) is 0.635. The minimum atomic E-state index is -0.187. The first-order chi connectivity index (χ1) is 10.2. The fourth-order valence-corrected chi connectivity index (χ4v) is 2.24. The molecule has 2 aromatic rings. The molecular formula is C14H17N3O4. The van der Waals surface area contributed by atoms with Gasteiger partial charge in [0, 0.05) is 18.7 Å². The standard InChI is InChI=1S/C14H17N3O4/c1-17-5-6-20-12(8-17)13-15-14(21-16-13)9-3-4-11(19-2)10(18)7-9/h3-4,7,12,18H,5-6,8H2,1-2H3. The molecule has 1 atom stereocenters. The van der Waals surface area contributed by atoms with Crippen LogP contribution in [0.25, 0.3) is 11.5 Å². The van der Waals surface area contributed by atoms with Crippen molar-refractivity contribution in [2.24, 2.45) is 0 Å². The number of phenols is 1. The number of rotatable bonds is 3. The summed E-state index contributed by atoms with van der Waals surface area (Å²) < 4.78 is 15.9. The lowest BCUT2D eigenvalue weighted by Gasteiger charge is -2.27. The van der Waals surface area contributed by atoms with E-state index in [1.54, 1.807) is 12.1 Å². The first-order valence-corrected chi connectivity index (χ1v) is 6.68. The van der Waals surface area contributed by atoms with Crippen LogP contribution in [-0.4, -0.2) is 54.0 Å². The normalized spacial score (nSPS) is 19.6. The molecule has 1 N–H and O–H groups in total. The molecule has 1 aliphatic heterocycles. The van der Waals surface area contributed by atoms with Crippen molar-refractivity contribution in [1.29, 1.82) is 0 Å². The maximum absolute atomic E-state index is 9.80. The lowest BCUT2D eigenvalue weighted by atomic mass is 10.2. The third kappa shape index (κ3) is 2.84. The average Bonchev–Trinajstić information content (AvgIpc) is 2.97. The van der Waals surface area contributed by atoms with E-state index >= 15 is 0 Å². The molecular weight excluding hydrogens is 274 g/mol. The molecule has 3 rings (SSSR count). The minimum Gasteiger partial charge on any atom is -0.504 e. The molecule has 1 unspecified atom stereocenters. The summed E-state index contributed by atoms with van der Waals surface area (Å²) in [5, 5.41) is 13.8.